The van der Waals surface area contributed by atoms with Gasteiger partial charge < -0.3 is 23.8 Å². The third-order valence-electron chi connectivity index (χ3n) is 4.67. The Balaban J connectivity index is 2.30. The minimum Gasteiger partial charge on any atom is -0.497 e. The van der Waals surface area contributed by atoms with Crippen LogP contribution in [0.3, 0.4) is 0 Å². The Kier molecular flexibility index (Phi) is 6.25. The van der Waals surface area contributed by atoms with Gasteiger partial charge in [-0.3, -0.25) is 0 Å². The van der Waals surface area contributed by atoms with Gasteiger partial charge in [0.1, 0.15) is 17.1 Å². The Labute approximate surface area is 176 Å². The Morgan fingerprint density at radius 2 is 1.83 bits per heavy atom. The quantitative estimate of drug-likeness (QED) is 0.339. The average Bonchev–Trinajstić information content (AvgIpc) is 3.05. The number of hydrogen-bond donors (Lipinski definition) is 0. The van der Waals surface area contributed by atoms with Crippen molar-refractivity contribution < 1.29 is 14.3 Å². The number of aliphatic imine (C=N–C) groups is 1. The second-order valence-corrected chi connectivity index (χ2v) is 7.25. The topological polar surface area (TPSA) is 72.2 Å². The predicted octanol–water partition coefficient (Wildman–Crippen LogP) is 3.17. The highest BCUT2D eigenvalue weighted by atomic mass is 16.5. The Bertz CT molecular complexity index is 1070. The molecule has 2 heterocycles. The zero-order chi connectivity index (χ0) is 21.8. The minimum atomic E-state index is -0.461. The van der Waals surface area contributed by atoms with E-state index >= 15 is 0 Å². The van der Waals surface area contributed by atoms with Crippen LogP contribution in [-0.2, 0) is 11.3 Å². The number of fused-ring (bicyclic) bond motifs is 1. The molecule has 0 aliphatic rings. The molecule has 3 rings (SSSR count). The first-order valence-electron chi connectivity index (χ1n) is 9.47. The number of nitrogens with zero attached hydrogens (tertiary/aromatic N) is 5. The lowest BCUT2D eigenvalue weighted by atomic mass is 10.2. The van der Waals surface area contributed by atoms with E-state index in [9.17, 15) is 4.79 Å². The lowest BCUT2D eigenvalue weighted by molar-refractivity contribution is 0.0590. The summed E-state index contributed by atoms with van der Waals surface area (Å²) in [6.07, 6.45) is 3.41. The molecular formula is C22H27N5O3. The molecule has 158 valence electrons. The first kappa shape index (κ1) is 21.2. The van der Waals surface area contributed by atoms with Crippen LogP contribution in [0.2, 0.25) is 0 Å². The summed E-state index contributed by atoms with van der Waals surface area (Å²) in [5.74, 6) is 0.311. The fourth-order valence-electron chi connectivity index (χ4n) is 3.27. The molecule has 0 saturated carbocycles. The molecule has 2 aromatic heterocycles. The maximum absolute atomic E-state index is 12.8. The zero-order valence-corrected chi connectivity index (χ0v) is 18.2. The summed E-state index contributed by atoms with van der Waals surface area (Å²) < 4.78 is 12.2. The van der Waals surface area contributed by atoms with Crippen LogP contribution in [0.15, 0.2) is 41.5 Å². The van der Waals surface area contributed by atoms with Gasteiger partial charge in [0.25, 0.3) is 0 Å². The summed E-state index contributed by atoms with van der Waals surface area (Å²) in [7, 11) is 10.7. The predicted molar refractivity (Wildman–Crippen MR) is 119 cm³/mol. The van der Waals surface area contributed by atoms with E-state index in [0.717, 1.165) is 22.4 Å². The minimum absolute atomic E-state index is 0.364. The van der Waals surface area contributed by atoms with Crippen molar-refractivity contribution in [2.24, 2.45) is 4.99 Å². The van der Waals surface area contributed by atoms with Crippen molar-refractivity contribution in [3.63, 3.8) is 0 Å². The van der Waals surface area contributed by atoms with E-state index in [1.165, 1.54) is 7.11 Å². The molecule has 8 nitrogen and oxygen atoms in total. The highest BCUT2D eigenvalue weighted by Crippen LogP contribution is 2.39. The smallest absolute Gasteiger partial charge is 0.357 e. The summed E-state index contributed by atoms with van der Waals surface area (Å²) in [6.45, 7) is 0.437. The number of ether oxygens (including phenoxy) is 2. The van der Waals surface area contributed by atoms with Gasteiger partial charge in [0.15, 0.2) is 5.69 Å². The molecule has 30 heavy (non-hydrogen) atoms. The standard InChI is InChI=1S/C22H27N5O3/c1-25(2)14-24-19-18-17(26(3)4)11-12-23-21(18)27(20(19)22(28)30-6)13-15-7-9-16(29-5)10-8-15/h7-12,14H,13H2,1-6H3/b24-14-. The van der Waals surface area contributed by atoms with Crippen LogP contribution >= 0.6 is 0 Å². The molecule has 0 radical (unpaired) electrons. The van der Waals surface area contributed by atoms with E-state index in [0.29, 0.717) is 23.6 Å². The first-order chi connectivity index (χ1) is 14.4. The normalized spacial score (nSPS) is 11.1. The van der Waals surface area contributed by atoms with Gasteiger partial charge >= 0.3 is 5.97 Å². The maximum atomic E-state index is 12.8. The monoisotopic (exact) mass is 409 g/mol. The second-order valence-electron chi connectivity index (χ2n) is 7.25. The number of carbonyl (C=O) groups excluding carboxylic acids is 1. The molecule has 0 bridgehead atoms. The summed E-state index contributed by atoms with van der Waals surface area (Å²) >= 11 is 0. The van der Waals surface area contributed by atoms with Crippen molar-refractivity contribution in [3.8, 4) is 5.75 Å². The molecule has 0 atom stereocenters. The largest absolute Gasteiger partial charge is 0.497 e. The van der Waals surface area contributed by atoms with Gasteiger partial charge in [-0.1, -0.05) is 12.1 Å². The molecule has 0 unspecified atom stereocenters. The lowest BCUT2D eigenvalue weighted by Gasteiger charge is -2.14. The molecule has 8 heteroatoms. The third-order valence-corrected chi connectivity index (χ3v) is 4.67. The summed E-state index contributed by atoms with van der Waals surface area (Å²) in [6, 6.07) is 9.62. The molecule has 0 saturated heterocycles. The van der Waals surface area contributed by atoms with Crippen LogP contribution in [-0.4, -0.2) is 69.2 Å². The number of pyridine rings is 1. The number of rotatable bonds is 7. The summed E-state index contributed by atoms with van der Waals surface area (Å²) in [5, 5.41) is 0.800. The van der Waals surface area contributed by atoms with Crippen molar-refractivity contribution in [2.45, 2.75) is 6.54 Å². The number of methoxy groups -OCH3 is 2. The molecule has 1 aromatic carbocycles. The molecular weight excluding hydrogens is 382 g/mol. The second kappa shape index (κ2) is 8.86. The van der Waals surface area contributed by atoms with E-state index in [2.05, 4.69) is 9.98 Å². The van der Waals surface area contributed by atoms with Crippen LogP contribution in [0.4, 0.5) is 11.4 Å². The van der Waals surface area contributed by atoms with Crippen LogP contribution in [0, 0.1) is 0 Å². The number of carbonyl (C=O) groups is 1. The van der Waals surface area contributed by atoms with Gasteiger partial charge in [-0.15, -0.1) is 0 Å². The molecule has 0 aliphatic heterocycles. The summed E-state index contributed by atoms with van der Waals surface area (Å²) in [4.78, 5) is 25.9. The number of hydrogen-bond acceptors (Lipinski definition) is 6. The van der Waals surface area contributed by atoms with E-state index in [1.807, 2.05) is 72.9 Å². The van der Waals surface area contributed by atoms with Crippen LogP contribution in [0.1, 0.15) is 16.1 Å². The van der Waals surface area contributed by atoms with Crippen molar-refractivity contribution in [3.05, 3.63) is 47.8 Å². The SMILES string of the molecule is COC(=O)c1c(/N=C\N(C)C)c2c(N(C)C)ccnc2n1Cc1ccc(OC)cc1. The fourth-order valence-corrected chi connectivity index (χ4v) is 3.27. The fraction of sp³-hybridized carbons (Fsp3) is 0.318. The number of benzene rings is 1. The van der Waals surface area contributed by atoms with E-state index in [4.69, 9.17) is 9.47 Å². The average molecular weight is 409 g/mol. The van der Waals surface area contributed by atoms with E-state index in [1.54, 1.807) is 19.6 Å². The van der Waals surface area contributed by atoms with Gasteiger partial charge in [0, 0.05) is 40.9 Å². The maximum Gasteiger partial charge on any atom is 0.357 e. The van der Waals surface area contributed by atoms with Gasteiger partial charge in [0.05, 0.1) is 31.6 Å². The van der Waals surface area contributed by atoms with Gasteiger partial charge in [-0.25, -0.2) is 14.8 Å². The Morgan fingerprint density at radius 3 is 2.40 bits per heavy atom. The summed E-state index contributed by atoms with van der Waals surface area (Å²) in [5.41, 5.74) is 3.49. The highest BCUT2D eigenvalue weighted by Gasteiger charge is 2.26. The van der Waals surface area contributed by atoms with Crippen molar-refractivity contribution in [2.75, 3.05) is 47.3 Å². The molecule has 0 fully saturated rings. The molecule has 0 amide bonds. The van der Waals surface area contributed by atoms with Crippen LogP contribution in [0.25, 0.3) is 11.0 Å². The van der Waals surface area contributed by atoms with E-state index in [-0.39, 0.29) is 0 Å². The lowest BCUT2D eigenvalue weighted by Crippen LogP contribution is -2.12. The van der Waals surface area contributed by atoms with E-state index < -0.39 is 5.97 Å². The zero-order valence-electron chi connectivity index (χ0n) is 18.2. The Morgan fingerprint density at radius 1 is 1.13 bits per heavy atom. The number of anilines is 1. The van der Waals surface area contributed by atoms with Crippen molar-refractivity contribution in [1.82, 2.24) is 14.5 Å². The first-order valence-corrected chi connectivity index (χ1v) is 9.47. The van der Waals surface area contributed by atoms with Crippen molar-refractivity contribution >= 4 is 34.7 Å². The highest BCUT2D eigenvalue weighted by molar-refractivity contribution is 6.10. The van der Waals surface area contributed by atoms with Crippen LogP contribution < -0.4 is 9.64 Å². The molecule has 0 spiro atoms. The Hall–Kier alpha value is -3.55. The number of aromatic nitrogens is 2. The molecule has 3 aromatic rings. The van der Waals surface area contributed by atoms with Crippen LogP contribution in [0.5, 0.6) is 5.75 Å². The molecule has 0 aliphatic carbocycles. The van der Waals surface area contributed by atoms with Gasteiger partial charge in [0.2, 0.25) is 0 Å². The third kappa shape index (κ3) is 4.07. The van der Waals surface area contributed by atoms with Crippen molar-refractivity contribution in [1.29, 1.82) is 0 Å². The van der Waals surface area contributed by atoms with Gasteiger partial charge in [-0.05, 0) is 23.8 Å². The molecule has 0 N–H and O–H groups in total. The number of esters is 1. The van der Waals surface area contributed by atoms with Gasteiger partial charge in [-0.2, -0.15) is 0 Å².